The number of ether oxygens (including phenoxy) is 2. The minimum absolute atomic E-state index is 0.151. The topological polar surface area (TPSA) is 38.7 Å². The molecule has 0 unspecified atom stereocenters. The second-order valence-electron chi connectivity index (χ2n) is 8.59. The van der Waals surface area contributed by atoms with E-state index < -0.39 is 5.79 Å². The van der Waals surface area contributed by atoms with Crippen LogP contribution in [0.15, 0.2) is 12.2 Å². The highest BCUT2D eigenvalue weighted by Gasteiger charge is 2.48. The van der Waals surface area contributed by atoms with E-state index >= 15 is 0 Å². The lowest BCUT2D eigenvalue weighted by Crippen LogP contribution is -2.32. The molecule has 2 rings (SSSR count). The molecular weight excluding hydrogens is 288 g/mol. The first kappa shape index (κ1) is 19.0. The molecule has 1 aliphatic heterocycles. The molecule has 0 aromatic rings. The summed E-state index contributed by atoms with van der Waals surface area (Å²) < 4.78 is 11.9. The Morgan fingerprint density at radius 3 is 2.52 bits per heavy atom. The summed E-state index contributed by atoms with van der Waals surface area (Å²) in [5.41, 5.74) is 0.344. The summed E-state index contributed by atoms with van der Waals surface area (Å²) >= 11 is 0. The van der Waals surface area contributed by atoms with Crippen LogP contribution >= 0.6 is 0 Å². The molecule has 0 bridgehead atoms. The third kappa shape index (κ3) is 4.80. The second kappa shape index (κ2) is 7.67. The molecule has 1 aliphatic carbocycles. The van der Waals surface area contributed by atoms with Gasteiger partial charge >= 0.3 is 0 Å². The Kier molecular flexibility index (Phi) is 6.32. The maximum absolute atomic E-state index is 8.92. The number of allylic oxidation sites excluding steroid dienone is 1. The molecule has 1 saturated carbocycles. The van der Waals surface area contributed by atoms with Gasteiger partial charge in [-0.15, -0.1) is 0 Å². The van der Waals surface area contributed by atoms with E-state index in [2.05, 4.69) is 26.8 Å². The molecule has 0 aromatic heterocycles. The van der Waals surface area contributed by atoms with E-state index in [1.165, 1.54) is 19.3 Å². The SMILES string of the molecule is CC(C)[C@H]1CC[C@](C)(C[C@H]2COC(C)(C)O2)[C@H]1CC/C=C/CO. The van der Waals surface area contributed by atoms with E-state index in [1.54, 1.807) is 0 Å². The van der Waals surface area contributed by atoms with Crippen molar-refractivity contribution >= 4 is 0 Å². The van der Waals surface area contributed by atoms with Gasteiger partial charge in [0.2, 0.25) is 0 Å². The third-order valence-corrected chi connectivity index (χ3v) is 5.99. The minimum Gasteiger partial charge on any atom is -0.392 e. The van der Waals surface area contributed by atoms with Gasteiger partial charge < -0.3 is 14.6 Å². The normalized spacial score (nSPS) is 37.3. The van der Waals surface area contributed by atoms with Crippen LogP contribution in [-0.4, -0.2) is 30.2 Å². The average Bonchev–Trinajstić information content (AvgIpc) is 2.95. The molecule has 2 aliphatic rings. The highest BCUT2D eigenvalue weighted by molar-refractivity contribution is 4.98. The Bertz CT molecular complexity index is 402. The quantitative estimate of drug-likeness (QED) is 0.699. The zero-order chi connectivity index (χ0) is 17.1. The van der Waals surface area contributed by atoms with Gasteiger partial charge in [-0.2, -0.15) is 0 Å². The van der Waals surface area contributed by atoms with Gasteiger partial charge in [0.15, 0.2) is 5.79 Å². The molecule has 2 fully saturated rings. The van der Waals surface area contributed by atoms with Gasteiger partial charge in [0, 0.05) is 0 Å². The molecule has 3 nitrogen and oxygen atoms in total. The van der Waals surface area contributed by atoms with Crippen molar-refractivity contribution in [1.29, 1.82) is 0 Å². The molecule has 4 atom stereocenters. The molecule has 0 radical (unpaired) electrons. The van der Waals surface area contributed by atoms with Crippen molar-refractivity contribution in [2.45, 2.75) is 78.6 Å². The Labute approximate surface area is 142 Å². The smallest absolute Gasteiger partial charge is 0.163 e. The standard InChI is InChI=1S/C20H36O3/c1-15(2)17-10-11-20(5,18(17)9-7-6-8-12-21)13-16-14-22-19(3,4)23-16/h6,8,15-18,21H,7,9-14H2,1-5H3/b8-6+/t16-,17+,18-,20+/m0/s1. The number of rotatable bonds is 7. The summed E-state index contributed by atoms with van der Waals surface area (Å²) in [4.78, 5) is 0. The number of hydrogen-bond donors (Lipinski definition) is 1. The predicted octanol–water partition coefficient (Wildman–Crippen LogP) is 4.55. The summed E-state index contributed by atoms with van der Waals surface area (Å²) in [7, 11) is 0. The van der Waals surface area contributed by atoms with Gasteiger partial charge in [-0.25, -0.2) is 0 Å². The van der Waals surface area contributed by atoms with Gasteiger partial charge in [0.25, 0.3) is 0 Å². The monoisotopic (exact) mass is 324 g/mol. The minimum atomic E-state index is -0.420. The fraction of sp³-hybridized carbons (Fsp3) is 0.900. The van der Waals surface area contributed by atoms with Crippen molar-refractivity contribution in [2.75, 3.05) is 13.2 Å². The summed E-state index contributed by atoms with van der Waals surface area (Å²) in [5.74, 6) is 1.85. The zero-order valence-corrected chi connectivity index (χ0v) is 15.7. The van der Waals surface area contributed by atoms with Crippen molar-refractivity contribution in [2.24, 2.45) is 23.2 Å². The molecule has 3 heteroatoms. The van der Waals surface area contributed by atoms with Crippen LogP contribution in [0.25, 0.3) is 0 Å². The molecular formula is C20H36O3. The second-order valence-corrected chi connectivity index (χ2v) is 8.59. The Morgan fingerprint density at radius 1 is 1.22 bits per heavy atom. The first-order valence-electron chi connectivity index (χ1n) is 9.35. The van der Waals surface area contributed by atoms with Crippen LogP contribution in [0, 0.1) is 23.2 Å². The van der Waals surface area contributed by atoms with Gasteiger partial charge in [-0.05, 0) is 69.1 Å². The van der Waals surface area contributed by atoms with Crippen molar-refractivity contribution in [3.8, 4) is 0 Å². The van der Waals surface area contributed by atoms with E-state index in [-0.39, 0.29) is 12.7 Å². The predicted molar refractivity (Wildman–Crippen MR) is 94.1 cm³/mol. The van der Waals surface area contributed by atoms with Crippen molar-refractivity contribution in [3.63, 3.8) is 0 Å². The van der Waals surface area contributed by atoms with E-state index in [0.29, 0.717) is 5.41 Å². The van der Waals surface area contributed by atoms with Gasteiger partial charge in [0.05, 0.1) is 19.3 Å². The lowest BCUT2D eigenvalue weighted by atomic mass is 9.69. The van der Waals surface area contributed by atoms with E-state index in [0.717, 1.165) is 37.2 Å². The highest BCUT2D eigenvalue weighted by Crippen LogP contribution is 2.54. The molecule has 0 amide bonds. The van der Waals surface area contributed by atoms with E-state index in [1.807, 2.05) is 19.9 Å². The third-order valence-electron chi connectivity index (χ3n) is 5.99. The zero-order valence-electron chi connectivity index (χ0n) is 15.7. The van der Waals surface area contributed by atoms with Crippen molar-refractivity contribution in [1.82, 2.24) is 0 Å². The van der Waals surface area contributed by atoms with Crippen LogP contribution in [0.5, 0.6) is 0 Å². The lowest BCUT2D eigenvalue weighted by Gasteiger charge is -2.37. The maximum atomic E-state index is 8.92. The molecule has 1 saturated heterocycles. The van der Waals surface area contributed by atoms with Gasteiger partial charge in [-0.3, -0.25) is 0 Å². The van der Waals surface area contributed by atoms with Crippen molar-refractivity contribution in [3.05, 3.63) is 12.2 Å². The summed E-state index contributed by atoms with van der Waals surface area (Å²) in [5, 5.41) is 8.92. The van der Waals surface area contributed by atoms with Crippen LogP contribution in [-0.2, 0) is 9.47 Å². The summed E-state index contributed by atoms with van der Waals surface area (Å²) in [6, 6.07) is 0. The molecule has 1 N–H and O–H groups in total. The Balaban J connectivity index is 2.02. The van der Waals surface area contributed by atoms with Gasteiger partial charge in [-0.1, -0.05) is 32.9 Å². The maximum Gasteiger partial charge on any atom is 0.163 e. The number of hydrogen-bond acceptors (Lipinski definition) is 3. The molecule has 0 aromatic carbocycles. The van der Waals surface area contributed by atoms with Crippen LogP contribution in [0.3, 0.4) is 0 Å². The number of aliphatic hydroxyl groups excluding tert-OH is 1. The van der Waals surface area contributed by atoms with E-state index in [4.69, 9.17) is 14.6 Å². The molecule has 0 spiro atoms. The fourth-order valence-corrected chi connectivity index (χ4v) is 4.87. The largest absolute Gasteiger partial charge is 0.392 e. The van der Waals surface area contributed by atoms with Gasteiger partial charge in [0.1, 0.15) is 0 Å². The first-order valence-corrected chi connectivity index (χ1v) is 9.35. The average molecular weight is 325 g/mol. The van der Waals surface area contributed by atoms with Crippen LogP contribution < -0.4 is 0 Å². The molecule has 23 heavy (non-hydrogen) atoms. The Hall–Kier alpha value is -0.380. The molecule has 134 valence electrons. The summed E-state index contributed by atoms with van der Waals surface area (Å²) in [6.07, 6.45) is 10.3. The Morgan fingerprint density at radius 2 is 1.96 bits per heavy atom. The lowest BCUT2D eigenvalue weighted by molar-refractivity contribution is -0.142. The van der Waals surface area contributed by atoms with Crippen LogP contribution in [0.4, 0.5) is 0 Å². The summed E-state index contributed by atoms with van der Waals surface area (Å²) in [6.45, 7) is 12.1. The number of aliphatic hydroxyl groups is 1. The highest BCUT2D eigenvalue weighted by atomic mass is 16.7. The molecule has 1 heterocycles. The van der Waals surface area contributed by atoms with E-state index in [9.17, 15) is 0 Å². The fourth-order valence-electron chi connectivity index (χ4n) is 4.87. The van der Waals surface area contributed by atoms with Crippen LogP contribution in [0.2, 0.25) is 0 Å². The van der Waals surface area contributed by atoms with Crippen LogP contribution in [0.1, 0.15) is 66.7 Å². The van der Waals surface area contributed by atoms with Crippen molar-refractivity contribution < 1.29 is 14.6 Å². The first-order chi connectivity index (χ1) is 10.8.